The van der Waals surface area contributed by atoms with Crippen LogP contribution in [-0.2, 0) is 0 Å². The van der Waals surface area contributed by atoms with Crippen molar-refractivity contribution in [2.75, 3.05) is 0 Å². The molecule has 84 valence electrons. The van der Waals surface area contributed by atoms with Gasteiger partial charge in [0.1, 0.15) is 0 Å². The van der Waals surface area contributed by atoms with E-state index in [1.54, 1.807) is 5.57 Å². The molecule has 0 bridgehead atoms. The van der Waals surface area contributed by atoms with Gasteiger partial charge in [0.05, 0.1) is 0 Å². The lowest BCUT2D eigenvalue weighted by molar-refractivity contribution is 0.800. The lowest BCUT2D eigenvalue weighted by atomic mass is 10.0. The van der Waals surface area contributed by atoms with Crippen molar-refractivity contribution in [2.24, 2.45) is 0 Å². The Morgan fingerprint density at radius 1 is 1.20 bits per heavy atom. The van der Waals surface area contributed by atoms with Crippen LogP contribution in [0.15, 0.2) is 23.3 Å². The lowest BCUT2D eigenvalue weighted by Gasteiger charge is -2.04. The summed E-state index contributed by atoms with van der Waals surface area (Å²) < 4.78 is 0. The van der Waals surface area contributed by atoms with Crippen molar-refractivity contribution in [3.63, 3.8) is 0 Å². The van der Waals surface area contributed by atoms with Crippen molar-refractivity contribution in [1.29, 1.82) is 5.41 Å². The monoisotopic (exact) mass is 205 g/mol. The van der Waals surface area contributed by atoms with Crippen LogP contribution in [0, 0.1) is 5.41 Å². The molecule has 0 fully saturated rings. The highest BCUT2D eigenvalue weighted by molar-refractivity contribution is 5.80. The van der Waals surface area contributed by atoms with Crippen molar-refractivity contribution in [3.05, 3.63) is 23.3 Å². The molecule has 0 saturated heterocycles. The van der Waals surface area contributed by atoms with E-state index in [1.807, 2.05) is 6.92 Å². The average molecular weight is 205 g/mol. The van der Waals surface area contributed by atoms with E-state index in [-0.39, 0.29) is 0 Å². The van der Waals surface area contributed by atoms with Gasteiger partial charge < -0.3 is 5.41 Å². The highest BCUT2D eigenvalue weighted by atomic mass is 14.4. The smallest absolute Gasteiger partial charge is 0.00986 e. The molecule has 0 aromatic carbocycles. The Kier molecular flexibility index (Phi) is 5.38. The Morgan fingerprint density at radius 3 is 2.60 bits per heavy atom. The van der Waals surface area contributed by atoms with Crippen LogP contribution >= 0.6 is 0 Å². The molecule has 0 amide bonds. The van der Waals surface area contributed by atoms with E-state index in [9.17, 15) is 0 Å². The van der Waals surface area contributed by atoms with Gasteiger partial charge in [-0.25, -0.2) is 0 Å². The van der Waals surface area contributed by atoms with E-state index in [0.717, 1.165) is 18.6 Å². The predicted octanol–water partition coefficient (Wildman–Crippen LogP) is 4.64. The maximum absolute atomic E-state index is 7.53. The Hall–Kier alpha value is -0.850. The number of nitrogens with one attached hydrogen (secondary N) is 1. The molecule has 0 aromatic heterocycles. The molecule has 1 N–H and O–H groups in total. The summed E-state index contributed by atoms with van der Waals surface area (Å²) in [6.45, 7) is 4.15. The summed E-state index contributed by atoms with van der Waals surface area (Å²) in [6.07, 6.45) is 12.9. The van der Waals surface area contributed by atoms with Crippen molar-refractivity contribution >= 4 is 5.71 Å². The molecular formula is C14H23N. The molecule has 1 rings (SSSR count). The molecule has 0 unspecified atom stereocenters. The van der Waals surface area contributed by atoms with Crippen LogP contribution in [-0.4, -0.2) is 5.71 Å². The second kappa shape index (κ2) is 6.60. The molecule has 0 spiro atoms. The Balaban J connectivity index is 2.54. The Bertz CT molecular complexity index is 271. The van der Waals surface area contributed by atoms with E-state index in [0.29, 0.717) is 0 Å². The highest BCUT2D eigenvalue weighted by Crippen LogP contribution is 2.20. The molecule has 0 atom stereocenters. The zero-order valence-corrected chi connectivity index (χ0v) is 10.1. The van der Waals surface area contributed by atoms with Crippen molar-refractivity contribution < 1.29 is 0 Å². The average Bonchev–Trinajstić information content (AvgIpc) is 2.29. The quantitative estimate of drug-likeness (QED) is 0.512. The topological polar surface area (TPSA) is 23.9 Å². The zero-order chi connectivity index (χ0) is 11.1. The van der Waals surface area contributed by atoms with Crippen LogP contribution in [0.4, 0.5) is 0 Å². The molecule has 15 heavy (non-hydrogen) atoms. The van der Waals surface area contributed by atoms with Crippen LogP contribution < -0.4 is 0 Å². The van der Waals surface area contributed by atoms with Crippen LogP contribution in [0.3, 0.4) is 0 Å². The summed E-state index contributed by atoms with van der Waals surface area (Å²) in [5, 5.41) is 7.53. The summed E-state index contributed by atoms with van der Waals surface area (Å²) in [5.41, 5.74) is 3.88. The van der Waals surface area contributed by atoms with Gasteiger partial charge in [0, 0.05) is 12.1 Å². The van der Waals surface area contributed by atoms with Gasteiger partial charge in [-0.2, -0.15) is 0 Å². The van der Waals surface area contributed by atoms with Gasteiger partial charge in [-0.1, -0.05) is 30.2 Å². The molecule has 1 aliphatic carbocycles. The van der Waals surface area contributed by atoms with E-state index in [2.05, 4.69) is 19.1 Å². The van der Waals surface area contributed by atoms with Gasteiger partial charge in [-0.3, -0.25) is 0 Å². The summed E-state index contributed by atoms with van der Waals surface area (Å²) >= 11 is 0. The first kappa shape index (κ1) is 12.2. The maximum atomic E-state index is 7.53. The highest BCUT2D eigenvalue weighted by Gasteiger charge is 2.02. The molecule has 0 radical (unpaired) electrons. The van der Waals surface area contributed by atoms with Crippen molar-refractivity contribution in [1.82, 2.24) is 0 Å². The van der Waals surface area contributed by atoms with Crippen molar-refractivity contribution in [2.45, 2.75) is 58.8 Å². The van der Waals surface area contributed by atoms with E-state index in [1.165, 1.54) is 37.7 Å². The normalized spacial score (nSPS) is 25.2. The third kappa shape index (κ3) is 4.96. The van der Waals surface area contributed by atoms with Gasteiger partial charge in [-0.15, -0.1) is 0 Å². The fourth-order valence-electron chi connectivity index (χ4n) is 2.12. The molecule has 1 aliphatic rings. The number of allylic oxidation sites excluding steroid dienone is 4. The van der Waals surface area contributed by atoms with Gasteiger partial charge >= 0.3 is 0 Å². The van der Waals surface area contributed by atoms with Crippen molar-refractivity contribution in [3.8, 4) is 0 Å². The molecule has 0 aliphatic heterocycles. The van der Waals surface area contributed by atoms with Gasteiger partial charge in [0.15, 0.2) is 0 Å². The largest absolute Gasteiger partial charge is 0.310 e. The SMILES string of the molecule is CC/C1=C/CC/C(CC(C)=N)=C\CCC1. The standard InChI is InChI=1S/C14H23N/c1-3-13-7-4-5-8-14(10-6-9-13)11-12(2)15/h8-9,15H,3-7,10-11H2,1-2H3/b13-9-,14-8+,15-12?. The molecular weight excluding hydrogens is 182 g/mol. The van der Waals surface area contributed by atoms with E-state index < -0.39 is 0 Å². The third-order valence-electron chi connectivity index (χ3n) is 2.98. The number of rotatable bonds is 3. The fourth-order valence-corrected chi connectivity index (χ4v) is 2.12. The summed E-state index contributed by atoms with van der Waals surface area (Å²) in [6, 6.07) is 0. The first-order chi connectivity index (χ1) is 7.22. The van der Waals surface area contributed by atoms with Gasteiger partial charge in [-0.05, 0) is 45.4 Å². The number of hydrogen-bond donors (Lipinski definition) is 1. The molecule has 0 heterocycles. The van der Waals surface area contributed by atoms with Crippen LogP contribution in [0.25, 0.3) is 0 Å². The Morgan fingerprint density at radius 2 is 1.93 bits per heavy atom. The Labute approximate surface area is 93.8 Å². The zero-order valence-electron chi connectivity index (χ0n) is 10.1. The second-order valence-electron chi connectivity index (χ2n) is 4.47. The van der Waals surface area contributed by atoms with Crippen LogP contribution in [0.2, 0.25) is 0 Å². The second-order valence-corrected chi connectivity index (χ2v) is 4.47. The van der Waals surface area contributed by atoms with Gasteiger partial charge in [0.2, 0.25) is 0 Å². The van der Waals surface area contributed by atoms with E-state index >= 15 is 0 Å². The first-order valence-corrected chi connectivity index (χ1v) is 6.12. The fraction of sp³-hybridized carbons (Fsp3) is 0.643. The predicted molar refractivity (Wildman–Crippen MR) is 67.6 cm³/mol. The van der Waals surface area contributed by atoms with Crippen LogP contribution in [0.5, 0.6) is 0 Å². The first-order valence-electron chi connectivity index (χ1n) is 6.12. The lowest BCUT2D eigenvalue weighted by Crippen LogP contribution is -1.92. The molecule has 1 heteroatoms. The minimum Gasteiger partial charge on any atom is -0.310 e. The van der Waals surface area contributed by atoms with Gasteiger partial charge in [0.25, 0.3) is 0 Å². The minimum atomic E-state index is 0.792. The summed E-state index contributed by atoms with van der Waals surface area (Å²) in [5.74, 6) is 0. The maximum Gasteiger partial charge on any atom is 0.00986 e. The molecule has 0 aromatic rings. The van der Waals surface area contributed by atoms with Crippen LogP contribution in [0.1, 0.15) is 58.8 Å². The molecule has 1 nitrogen and oxygen atoms in total. The summed E-state index contributed by atoms with van der Waals surface area (Å²) in [7, 11) is 0. The molecule has 0 saturated carbocycles. The third-order valence-corrected chi connectivity index (χ3v) is 2.98. The summed E-state index contributed by atoms with van der Waals surface area (Å²) in [4.78, 5) is 0. The minimum absolute atomic E-state index is 0.792. The van der Waals surface area contributed by atoms with E-state index in [4.69, 9.17) is 5.41 Å². The number of hydrogen-bond acceptors (Lipinski definition) is 1.